The van der Waals surface area contributed by atoms with Gasteiger partial charge in [-0.15, -0.1) is 11.8 Å². The molecule has 0 saturated carbocycles. The number of halogens is 1. The van der Waals surface area contributed by atoms with Crippen molar-refractivity contribution >= 4 is 29.3 Å². The summed E-state index contributed by atoms with van der Waals surface area (Å²) in [6.07, 6.45) is 4.48. The van der Waals surface area contributed by atoms with Crippen LogP contribution < -0.4 is 4.74 Å². The van der Waals surface area contributed by atoms with Crippen molar-refractivity contribution in [2.45, 2.75) is 67.0 Å². The third-order valence-electron chi connectivity index (χ3n) is 8.08. The Bertz CT molecular complexity index is 1040. The first kappa shape index (κ1) is 26.8. The van der Waals surface area contributed by atoms with Gasteiger partial charge in [-0.1, -0.05) is 23.7 Å². The minimum Gasteiger partial charge on any atom is -0.497 e. The van der Waals surface area contributed by atoms with Crippen molar-refractivity contribution in [2.75, 3.05) is 39.8 Å². The van der Waals surface area contributed by atoms with E-state index in [-0.39, 0.29) is 18.1 Å². The Morgan fingerprint density at radius 3 is 2.46 bits per heavy atom. The van der Waals surface area contributed by atoms with Gasteiger partial charge in [0.15, 0.2) is 0 Å². The Labute approximate surface area is 229 Å². The van der Waals surface area contributed by atoms with Crippen LogP contribution in [0.4, 0.5) is 0 Å². The topological polar surface area (TPSA) is 56.3 Å². The van der Waals surface area contributed by atoms with Crippen molar-refractivity contribution in [1.29, 1.82) is 0 Å². The molecule has 3 saturated heterocycles. The van der Waals surface area contributed by atoms with Crippen molar-refractivity contribution in [2.24, 2.45) is 0 Å². The second kappa shape index (κ2) is 12.4. The first-order valence-corrected chi connectivity index (χ1v) is 14.7. The molecule has 5 rings (SSSR count). The molecule has 1 amide bonds. The molecule has 0 bridgehead atoms. The van der Waals surface area contributed by atoms with Gasteiger partial charge in [-0.25, -0.2) is 0 Å². The third kappa shape index (κ3) is 6.82. The second-order valence-electron chi connectivity index (χ2n) is 10.5. The molecule has 3 fully saturated rings. The largest absolute Gasteiger partial charge is 0.497 e. The van der Waals surface area contributed by atoms with Crippen LogP contribution in [-0.4, -0.2) is 89.0 Å². The molecular formula is C29H38ClN3O3S. The Hall–Kier alpha value is -1.77. The Morgan fingerprint density at radius 2 is 1.78 bits per heavy atom. The monoisotopic (exact) mass is 543 g/mol. The number of methoxy groups -OCH3 is 1. The summed E-state index contributed by atoms with van der Waals surface area (Å²) in [6, 6.07) is 16.6. The molecule has 0 aromatic heterocycles. The predicted molar refractivity (Wildman–Crippen MR) is 149 cm³/mol. The van der Waals surface area contributed by atoms with Gasteiger partial charge in [0.2, 0.25) is 5.91 Å². The fourth-order valence-electron chi connectivity index (χ4n) is 6.01. The number of aliphatic hydroxyl groups excluding tert-OH is 1. The van der Waals surface area contributed by atoms with E-state index in [0.717, 1.165) is 87.7 Å². The van der Waals surface area contributed by atoms with Crippen LogP contribution in [0, 0.1) is 0 Å². The minimum atomic E-state index is -0.144. The lowest BCUT2D eigenvalue weighted by molar-refractivity contribution is -0.137. The molecule has 0 unspecified atom stereocenters. The summed E-state index contributed by atoms with van der Waals surface area (Å²) in [7, 11) is 1.68. The van der Waals surface area contributed by atoms with Gasteiger partial charge in [-0.05, 0) is 74.1 Å². The molecule has 0 aliphatic carbocycles. The standard InChI is InChI=1S/C29H38ClN3O3S/c1-36-25-5-7-26(8-6-25)37-27-18-28(33(20-27)19-21-3-2-4-22(30)17-21)29(35)32-13-9-23(10-14-32)31-15-11-24(34)12-16-31/h2-8,17,23-24,27-28,34H,9-16,18-20H2,1H3/t27-,28-/m0/s1. The Kier molecular flexibility index (Phi) is 8.98. The summed E-state index contributed by atoms with van der Waals surface area (Å²) in [4.78, 5) is 22.0. The fourth-order valence-corrected chi connectivity index (χ4v) is 7.44. The Morgan fingerprint density at radius 1 is 1.05 bits per heavy atom. The average molecular weight is 544 g/mol. The van der Waals surface area contributed by atoms with Gasteiger partial charge in [-0.3, -0.25) is 9.69 Å². The van der Waals surface area contributed by atoms with Crippen LogP contribution in [0.25, 0.3) is 0 Å². The first-order chi connectivity index (χ1) is 18.0. The quantitative estimate of drug-likeness (QED) is 0.554. The van der Waals surface area contributed by atoms with E-state index in [9.17, 15) is 9.90 Å². The highest BCUT2D eigenvalue weighted by molar-refractivity contribution is 8.00. The zero-order valence-corrected chi connectivity index (χ0v) is 23.2. The number of benzene rings is 2. The highest BCUT2D eigenvalue weighted by Gasteiger charge is 2.40. The lowest BCUT2D eigenvalue weighted by Gasteiger charge is -2.42. The number of hydrogen-bond acceptors (Lipinski definition) is 6. The van der Waals surface area contributed by atoms with E-state index in [4.69, 9.17) is 16.3 Å². The van der Waals surface area contributed by atoms with E-state index in [1.54, 1.807) is 7.11 Å². The molecule has 1 N–H and O–H groups in total. The van der Waals surface area contributed by atoms with Gasteiger partial charge in [0, 0.05) is 60.5 Å². The maximum atomic E-state index is 13.9. The normalized spacial score (nSPS) is 24.5. The van der Waals surface area contributed by atoms with E-state index in [2.05, 4.69) is 32.9 Å². The van der Waals surface area contributed by atoms with Crippen molar-refractivity contribution in [1.82, 2.24) is 14.7 Å². The fraction of sp³-hybridized carbons (Fsp3) is 0.552. The van der Waals surface area contributed by atoms with Crippen LogP contribution in [0.1, 0.15) is 37.7 Å². The van der Waals surface area contributed by atoms with Crippen LogP contribution in [-0.2, 0) is 11.3 Å². The van der Waals surface area contributed by atoms with Gasteiger partial charge in [0.25, 0.3) is 0 Å². The van der Waals surface area contributed by atoms with E-state index in [0.29, 0.717) is 11.3 Å². The number of aliphatic hydroxyl groups is 1. The molecule has 200 valence electrons. The molecule has 0 radical (unpaired) electrons. The maximum Gasteiger partial charge on any atom is 0.239 e. The first-order valence-electron chi connectivity index (χ1n) is 13.5. The number of hydrogen-bond donors (Lipinski definition) is 1. The van der Waals surface area contributed by atoms with Crippen molar-refractivity contribution in [3.8, 4) is 5.75 Å². The summed E-state index contributed by atoms with van der Waals surface area (Å²) in [6.45, 7) is 5.18. The molecule has 3 aliphatic rings. The smallest absolute Gasteiger partial charge is 0.239 e. The lowest BCUT2D eigenvalue weighted by atomic mass is 9.98. The highest BCUT2D eigenvalue weighted by atomic mass is 35.5. The van der Waals surface area contributed by atoms with Crippen LogP contribution in [0.5, 0.6) is 5.75 Å². The number of carbonyl (C=O) groups is 1. The zero-order valence-electron chi connectivity index (χ0n) is 21.6. The highest BCUT2D eigenvalue weighted by Crippen LogP contribution is 2.36. The number of ether oxygens (including phenoxy) is 1. The molecule has 2 aromatic carbocycles. The number of amides is 1. The maximum absolute atomic E-state index is 13.9. The van der Waals surface area contributed by atoms with Gasteiger partial charge >= 0.3 is 0 Å². The van der Waals surface area contributed by atoms with Gasteiger partial charge < -0.3 is 19.6 Å². The summed E-state index contributed by atoms with van der Waals surface area (Å²) < 4.78 is 5.31. The molecule has 3 aliphatic heterocycles. The summed E-state index contributed by atoms with van der Waals surface area (Å²) in [5.74, 6) is 1.13. The SMILES string of the molecule is COc1ccc(S[C@H]2C[C@@H](C(=O)N3CCC(N4CCC(O)CC4)CC3)N(Cc3cccc(Cl)c3)C2)cc1. The number of piperidine rings is 2. The van der Waals surface area contributed by atoms with Crippen LogP contribution in [0.2, 0.25) is 5.02 Å². The number of likely N-dealkylation sites (tertiary alicyclic amines) is 3. The van der Waals surface area contributed by atoms with E-state index >= 15 is 0 Å². The second-order valence-corrected chi connectivity index (χ2v) is 12.4. The minimum absolute atomic E-state index is 0.114. The molecule has 3 heterocycles. The van der Waals surface area contributed by atoms with Crippen molar-refractivity contribution < 1.29 is 14.6 Å². The van der Waals surface area contributed by atoms with Gasteiger partial charge in [-0.2, -0.15) is 0 Å². The van der Waals surface area contributed by atoms with Crippen LogP contribution in [0.15, 0.2) is 53.4 Å². The summed E-state index contributed by atoms with van der Waals surface area (Å²) in [5.41, 5.74) is 1.14. The predicted octanol–water partition coefficient (Wildman–Crippen LogP) is 4.53. The van der Waals surface area contributed by atoms with E-state index < -0.39 is 0 Å². The lowest BCUT2D eigenvalue weighted by Crippen LogP contribution is -2.52. The molecule has 0 spiro atoms. The number of rotatable bonds is 7. The van der Waals surface area contributed by atoms with Gasteiger partial charge in [0.05, 0.1) is 19.3 Å². The van der Waals surface area contributed by atoms with Crippen molar-refractivity contribution in [3.63, 3.8) is 0 Å². The molecule has 2 atom stereocenters. The zero-order chi connectivity index (χ0) is 25.8. The average Bonchev–Trinajstić information content (AvgIpc) is 3.31. The van der Waals surface area contributed by atoms with Gasteiger partial charge in [0.1, 0.15) is 5.75 Å². The number of nitrogens with zero attached hydrogens (tertiary/aromatic N) is 3. The van der Waals surface area contributed by atoms with Crippen LogP contribution >= 0.6 is 23.4 Å². The number of thioether (sulfide) groups is 1. The molecule has 6 nitrogen and oxygen atoms in total. The van der Waals surface area contributed by atoms with E-state index in [1.165, 1.54) is 4.90 Å². The number of carbonyl (C=O) groups excluding carboxylic acids is 1. The molecule has 37 heavy (non-hydrogen) atoms. The molecular weight excluding hydrogens is 506 g/mol. The summed E-state index contributed by atoms with van der Waals surface area (Å²) >= 11 is 8.13. The third-order valence-corrected chi connectivity index (χ3v) is 9.53. The van der Waals surface area contributed by atoms with Crippen LogP contribution in [0.3, 0.4) is 0 Å². The molecule has 2 aromatic rings. The summed E-state index contributed by atoms with van der Waals surface area (Å²) in [5, 5.41) is 10.9. The Balaban J connectivity index is 1.24. The molecule has 8 heteroatoms. The van der Waals surface area contributed by atoms with Crippen molar-refractivity contribution in [3.05, 3.63) is 59.1 Å². The van der Waals surface area contributed by atoms with E-state index in [1.807, 2.05) is 42.1 Å².